The van der Waals surface area contributed by atoms with Crippen molar-refractivity contribution in [3.05, 3.63) is 82.0 Å². The second kappa shape index (κ2) is 9.74. The number of esters is 1. The minimum absolute atomic E-state index is 0.259. The van der Waals surface area contributed by atoms with Gasteiger partial charge in [-0.1, -0.05) is 25.1 Å². The van der Waals surface area contributed by atoms with Crippen LogP contribution in [0.25, 0.3) is 21.3 Å². The molecule has 0 atom stereocenters. The van der Waals surface area contributed by atoms with Crippen LogP contribution in [0.5, 0.6) is 0 Å². The minimum Gasteiger partial charge on any atom is -0.462 e. The Hall–Kier alpha value is -3.85. The highest BCUT2D eigenvalue weighted by atomic mass is 32.1. The molecule has 0 aliphatic rings. The van der Waals surface area contributed by atoms with Crippen LogP contribution in [-0.4, -0.2) is 28.0 Å². The third-order valence-corrected chi connectivity index (χ3v) is 5.74. The maximum atomic E-state index is 13.3. The topological polar surface area (TPSA) is 90.3 Å². The Morgan fingerprint density at radius 2 is 1.97 bits per heavy atom. The maximum Gasteiger partial charge on any atom is 0.338 e. The van der Waals surface area contributed by atoms with Gasteiger partial charge < -0.3 is 10.1 Å². The third kappa shape index (κ3) is 4.98. The SMILES string of the molecule is CCCOC(=O)c1cccc(NC(=O)Cn2cnc3scc(-c4ccc(F)cc4)c3c2=O)c1. The number of halogens is 1. The van der Waals surface area contributed by atoms with Crippen LogP contribution in [0.4, 0.5) is 10.1 Å². The monoisotopic (exact) mass is 465 g/mol. The zero-order valence-electron chi connectivity index (χ0n) is 17.7. The zero-order chi connectivity index (χ0) is 23.4. The van der Waals surface area contributed by atoms with Crippen LogP contribution in [0.2, 0.25) is 0 Å². The molecule has 33 heavy (non-hydrogen) atoms. The summed E-state index contributed by atoms with van der Waals surface area (Å²) < 4.78 is 19.6. The van der Waals surface area contributed by atoms with E-state index >= 15 is 0 Å². The molecular weight excluding hydrogens is 445 g/mol. The largest absolute Gasteiger partial charge is 0.462 e. The second-order valence-corrected chi connectivity index (χ2v) is 8.14. The van der Waals surface area contributed by atoms with Gasteiger partial charge in [-0.05, 0) is 42.3 Å². The Kier molecular flexibility index (Phi) is 6.60. The summed E-state index contributed by atoms with van der Waals surface area (Å²) in [4.78, 5) is 42.6. The number of aromatic nitrogens is 2. The normalized spacial score (nSPS) is 10.8. The van der Waals surface area contributed by atoms with E-state index in [1.165, 1.54) is 40.4 Å². The summed E-state index contributed by atoms with van der Waals surface area (Å²) in [6, 6.07) is 12.2. The van der Waals surface area contributed by atoms with Crippen LogP contribution in [0.3, 0.4) is 0 Å². The molecule has 4 aromatic rings. The lowest BCUT2D eigenvalue weighted by atomic mass is 10.1. The molecule has 0 aliphatic heterocycles. The highest BCUT2D eigenvalue weighted by Crippen LogP contribution is 2.30. The van der Waals surface area contributed by atoms with Gasteiger partial charge in [0.15, 0.2) is 0 Å². The number of carbonyl (C=O) groups excluding carboxylic acids is 2. The van der Waals surface area contributed by atoms with E-state index < -0.39 is 11.9 Å². The van der Waals surface area contributed by atoms with Crippen molar-refractivity contribution < 1.29 is 18.7 Å². The Morgan fingerprint density at radius 1 is 1.18 bits per heavy atom. The predicted molar refractivity (Wildman–Crippen MR) is 125 cm³/mol. The Labute approximate surface area is 192 Å². The van der Waals surface area contributed by atoms with E-state index in [1.54, 1.807) is 35.7 Å². The fourth-order valence-electron chi connectivity index (χ4n) is 3.28. The van der Waals surface area contributed by atoms with Crippen LogP contribution in [0, 0.1) is 5.82 Å². The average molecular weight is 466 g/mol. The molecule has 9 heteroatoms. The molecule has 0 aliphatic carbocycles. The zero-order valence-corrected chi connectivity index (χ0v) is 18.5. The summed E-state index contributed by atoms with van der Waals surface area (Å²) in [5.74, 6) is -1.28. The number of fused-ring (bicyclic) bond motifs is 1. The van der Waals surface area contributed by atoms with Gasteiger partial charge >= 0.3 is 5.97 Å². The number of amides is 1. The molecule has 0 saturated heterocycles. The molecule has 0 radical (unpaired) electrons. The molecule has 0 fully saturated rings. The van der Waals surface area contributed by atoms with Crippen molar-refractivity contribution >= 4 is 39.1 Å². The molecule has 1 N–H and O–H groups in total. The molecule has 0 spiro atoms. The van der Waals surface area contributed by atoms with Crippen molar-refractivity contribution in [3.63, 3.8) is 0 Å². The molecule has 2 aromatic heterocycles. The maximum absolute atomic E-state index is 13.3. The van der Waals surface area contributed by atoms with Crippen LogP contribution >= 0.6 is 11.3 Å². The number of ether oxygens (including phenoxy) is 1. The molecule has 0 saturated carbocycles. The molecular formula is C24H20FN3O4S. The van der Waals surface area contributed by atoms with Crippen molar-refractivity contribution in [2.75, 3.05) is 11.9 Å². The number of anilines is 1. The van der Waals surface area contributed by atoms with E-state index in [2.05, 4.69) is 10.3 Å². The van der Waals surface area contributed by atoms with E-state index in [4.69, 9.17) is 4.74 Å². The van der Waals surface area contributed by atoms with Gasteiger partial charge in [-0.3, -0.25) is 14.2 Å². The number of thiophene rings is 1. The lowest BCUT2D eigenvalue weighted by molar-refractivity contribution is -0.116. The van der Waals surface area contributed by atoms with Crippen LogP contribution in [0.1, 0.15) is 23.7 Å². The predicted octanol–water partition coefficient (Wildman–Crippen LogP) is 4.47. The van der Waals surface area contributed by atoms with Gasteiger partial charge in [0.05, 0.1) is 23.9 Å². The van der Waals surface area contributed by atoms with Gasteiger partial charge in [0.25, 0.3) is 5.56 Å². The number of nitrogens with one attached hydrogen (secondary N) is 1. The smallest absolute Gasteiger partial charge is 0.338 e. The molecule has 7 nitrogen and oxygen atoms in total. The fourth-order valence-corrected chi connectivity index (χ4v) is 4.19. The summed E-state index contributed by atoms with van der Waals surface area (Å²) in [7, 11) is 0. The Morgan fingerprint density at radius 3 is 2.73 bits per heavy atom. The summed E-state index contributed by atoms with van der Waals surface area (Å²) in [6.07, 6.45) is 2.04. The summed E-state index contributed by atoms with van der Waals surface area (Å²) in [6.45, 7) is 1.96. The first-order chi connectivity index (χ1) is 16.0. The lowest BCUT2D eigenvalue weighted by Gasteiger charge is -2.09. The first-order valence-corrected chi connectivity index (χ1v) is 11.1. The molecule has 168 valence electrons. The van der Waals surface area contributed by atoms with E-state index in [0.29, 0.717) is 45.6 Å². The van der Waals surface area contributed by atoms with Gasteiger partial charge in [0.1, 0.15) is 17.2 Å². The second-order valence-electron chi connectivity index (χ2n) is 7.28. The summed E-state index contributed by atoms with van der Waals surface area (Å²) in [5.41, 5.74) is 1.70. The molecule has 1 amide bonds. The van der Waals surface area contributed by atoms with Gasteiger partial charge in [0, 0.05) is 16.6 Å². The summed E-state index contributed by atoms with van der Waals surface area (Å²) in [5, 5.41) is 4.86. The van der Waals surface area contributed by atoms with Crippen molar-refractivity contribution in [2.24, 2.45) is 0 Å². The standard InChI is InChI=1S/C24H20FN3O4S/c1-2-10-32-24(31)16-4-3-5-18(11-16)27-20(29)12-28-14-26-22-21(23(28)30)19(13-33-22)15-6-8-17(25)9-7-15/h3-9,11,13-14H,2,10,12H2,1H3,(H,27,29). The fraction of sp³-hybridized carbons (Fsp3) is 0.167. The van der Waals surface area contributed by atoms with E-state index in [-0.39, 0.29) is 17.9 Å². The Balaban J connectivity index is 1.55. The van der Waals surface area contributed by atoms with Crippen molar-refractivity contribution in [2.45, 2.75) is 19.9 Å². The molecule has 2 aromatic carbocycles. The summed E-state index contributed by atoms with van der Waals surface area (Å²) >= 11 is 1.30. The van der Waals surface area contributed by atoms with Gasteiger partial charge in [0.2, 0.25) is 5.91 Å². The van der Waals surface area contributed by atoms with E-state index in [9.17, 15) is 18.8 Å². The number of benzene rings is 2. The van der Waals surface area contributed by atoms with Crippen molar-refractivity contribution in [3.8, 4) is 11.1 Å². The molecule has 2 heterocycles. The first-order valence-electron chi connectivity index (χ1n) is 10.3. The number of hydrogen-bond acceptors (Lipinski definition) is 6. The van der Waals surface area contributed by atoms with E-state index in [0.717, 1.165) is 0 Å². The van der Waals surface area contributed by atoms with Crippen LogP contribution in [-0.2, 0) is 16.1 Å². The van der Waals surface area contributed by atoms with Gasteiger partial charge in [-0.25, -0.2) is 14.2 Å². The number of nitrogens with zero attached hydrogens (tertiary/aromatic N) is 2. The quantitative estimate of drug-likeness (QED) is 0.407. The molecule has 0 unspecified atom stereocenters. The molecule has 0 bridgehead atoms. The van der Waals surface area contributed by atoms with E-state index in [1.807, 2.05) is 6.92 Å². The highest BCUT2D eigenvalue weighted by molar-refractivity contribution is 7.17. The minimum atomic E-state index is -0.468. The number of rotatable bonds is 7. The third-order valence-electron chi connectivity index (χ3n) is 4.85. The highest BCUT2D eigenvalue weighted by Gasteiger charge is 2.15. The molecule has 4 rings (SSSR count). The number of carbonyl (C=O) groups is 2. The van der Waals surface area contributed by atoms with Gasteiger partial charge in [-0.15, -0.1) is 11.3 Å². The van der Waals surface area contributed by atoms with Gasteiger partial charge in [-0.2, -0.15) is 0 Å². The van der Waals surface area contributed by atoms with Crippen LogP contribution < -0.4 is 10.9 Å². The first kappa shape index (κ1) is 22.3. The Bertz CT molecular complexity index is 1380. The van der Waals surface area contributed by atoms with Crippen LogP contribution in [0.15, 0.2) is 65.0 Å². The van der Waals surface area contributed by atoms with Crippen molar-refractivity contribution in [1.82, 2.24) is 9.55 Å². The number of hydrogen-bond donors (Lipinski definition) is 1. The lowest BCUT2D eigenvalue weighted by Crippen LogP contribution is -2.27. The average Bonchev–Trinajstić information content (AvgIpc) is 3.25. The van der Waals surface area contributed by atoms with Crippen molar-refractivity contribution in [1.29, 1.82) is 0 Å².